The molecule has 2 heteroatoms. The van der Waals surface area contributed by atoms with Crippen molar-refractivity contribution in [3.8, 4) is 0 Å². The summed E-state index contributed by atoms with van der Waals surface area (Å²) in [6, 6.07) is 0. The van der Waals surface area contributed by atoms with Crippen LogP contribution >= 0.6 is 0 Å². The van der Waals surface area contributed by atoms with Gasteiger partial charge in [0.25, 0.3) is 0 Å². The molecule has 0 aromatic rings. The first-order valence-corrected chi connectivity index (χ1v) is 6.92. The summed E-state index contributed by atoms with van der Waals surface area (Å²) >= 11 is 0. The largest absolute Gasteiger partial charge is 0.383 e. The van der Waals surface area contributed by atoms with E-state index in [-0.39, 0.29) is 0 Å². The topological polar surface area (TPSA) is 21.3 Å². The monoisotopic (exact) mass is 241 g/mol. The molecule has 0 heterocycles. The number of hydrogen-bond acceptors (Lipinski definition) is 2. The summed E-state index contributed by atoms with van der Waals surface area (Å²) in [6.45, 7) is 14.2. The molecule has 0 saturated carbocycles. The summed E-state index contributed by atoms with van der Waals surface area (Å²) in [5.41, 5.74) is 1.52. The molecule has 17 heavy (non-hydrogen) atoms. The first kappa shape index (κ1) is 16.7. The van der Waals surface area contributed by atoms with Gasteiger partial charge in [-0.25, -0.2) is 0 Å². The van der Waals surface area contributed by atoms with Crippen molar-refractivity contribution in [3.63, 3.8) is 0 Å². The Labute approximate surface area is 108 Å². The lowest BCUT2D eigenvalue weighted by Gasteiger charge is -2.23. The molecule has 0 aliphatic carbocycles. The molecular weight excluding hydrogens is 210 g/mol. The molecule has 0 aliphatic heterocycles. The van der Waals surface area contributed by atoms with Gasteiger partial charge < -0.3 is 10.1 Å². The van der Waals surface area contributed by atoms with Crippen LogP contribution in [0.4, 0.5) is 0 Å². The molecule has 0 bridgehead atoms. The van der Waals surface area contributed by atoms with Gasteiger partial charge in [0.05, 0.1) is 6.61 Å². The Morgan fingerprint density at radius 3 is 2.18 bits per heavy atom. The molecule has 0 amide bonds. The lowest BCUT2D eigenvalue weighted by molar-refractivity contribution is 0.200. The third-order valence-corrected chi connectivity index (χ3v) is 3.26. The van der Waals surface area contributed by atoms with Gasteiger partial charge in [0.15, 0.2) is 0 Å². The Bertz CT molecular complexity index is 201. The van der Waals surface area contributed by atoms with Crippen molar-refractivity contribution in [3.05, 3.63) is 11.6 Å². The quantitative estimate of drug-likeness (QED) is 0.493. The highest BCUT2D eigenvalue weighted by atomic mass is 16.5. The van der Waals surface area contributed by atoms with Gasteiger partial charge in [0.2, 0.25) is 0 Å². The fraction of sp³-hybridized carbons (Fsp3) is 0.867. The molecule has 102 valence electrons. The lowest BCUT2D eigenvalue weighted by Crippen LogP contribution is -2.23. The third kappa shape index (κ3) is 7.56. The summed E-state index contributed by atoms with van der Waals surface area (Å²) in [7, 11) is 1.74. The summed E-state index contributed by atoms with van der Waals surface area (Å²) < 4.78 is 5.03. The molecule has 0 aromatic carbocycles. The van der Waals surface area contributed by atoms with Crippen molar-refractivity contribution in [2.45, 2.75) is 41.0 Å². The highest BCUT2D eigenvalue weighted by Crippen LogP contribution is 2.23. The molecule has 0 spiro atoms. The Kier molecular flexibility index (Phi) is 9.47. The Hall–Kier alpha value is -0.340. The molecule has 0 aliphatic rings. The smallest absolute Gasteiger partial charge is 0.0587 e. The van der Waals surface area contributed by atoms with E-state index >= 15 is 0 Å². The summed E-state index contributed by atoms with van der Waals surface area (Å²) in [5, 5.41) is 3.43. The maximum Gasteiger partial charge on any atom is 0.0587 e. The van der Waals surface area contributed by atoms with E-state index in [1.807, 2.05) is 0 Å². The number of ether oxygens (including phenoxy) is 1. The average Bonchev–Trinajstić information content (AvgIpc) is 2.27. The normalized spacial score (nSPS) is 13.1. The number of hydrogen-bond donors (Lipinski definition) is 1. The standard InChI is InChI=1S/C15H31NO/c1-7-14(11-16-8-9-17-6)10-15(12(2)3)13(4)5/h10,12-13,15-16H,7-9,11H2,1-6H3. The van der Waals surface area contributed by atoms with Gasteiger partial charge in [-0.05, 0) is 24.2 Å². The van der Waals surface area contributed by atoms with Gasteiger partial charge in [0, 0.05) is 20.2 Å². The number of nitrogens with one attached hydrogen (secondary N) is 1. The minimum absolute atomic E-state index is 0.689. The van der Waals surface area contributed by atoms with Crippen LogP contribution in [0.1, 0.15) is 41.0 Å². The fourth-order valence-corrected chi connectivity index (χ4v) is 2.15. The van der Waals surface area contributed by atoms with Crippen molar-refractivity contribution in [2.75, 3.05) is 26.8 Å². The van der Waals surface area contributed by atoms with Crippen LogP contribution < -0.4 is 5.32 Å². The Morgan fingerprint density at radius 2 is 1.76 bits per heavy atom. The zero-order valence-electron chi connectivity index (χ0n) is 12.5. The molecule has 2 nitrogen and oxygen atoms in total. The molecule has 0 atom stereocenters. The molecule has 0 radical (unpaired) electrons. The van der Waals surface area contributed by atoms with Crippen LogP contribution in [0.2, 0.25) is 0 Å². The molecule has 0 rings (SSSR count). The van der Waals surface area contributed by atoms with Crippen molar-refractivity contribution in [1.82, 2.24) is 5.32 Å². The van der Waals surface area contributed by atoms with Gasteiger partial charge in [-0.15, -0.1) is 0 Å². The van der Waals surface area contributed by atoms with E-state index in [1.54, 1.807) is 7.11 Å². The van der Waals surface area contributed by atoms with Crippen LogP contribution in [0, 0.1) is 17.8 Å². The van der Waals surface area contributed by atoms with E-state index in [9.17, 15) is 0 Å². The second-order valence-electron chi connectivity index (χ2n) is 5.41. The molecule has 0 fully saturated rings. The van der Waals surface area contributed by atoms with E-state index in [0.29, 0.717) is 5.92 Å². The number of allylic oxidation sites excluding steroid dienone is 1. The second-order valence-corrected chi connectivity index (χ2v) is 5.41. The SMILES string of the molecule is CCC(=CC(C(C)C)C(C)C)CNCCOC. The van der Waals surface area contributed by atoms with Crippen molar-refractivity contribution >= 4 is 0 Å². The van der Waals surface area contributed by atoms with Crippen LogP contribution in [0.25, 0.3) is 0 Å². The Balaban J connectivity index is 4.29. The maximum absolute atomic E-state index is 5.03. The zero-order valence-corrected chi connectivity index (χ0v) is 12.5. The summed E-state index contributed by atoms with van der Waals surface area (Å²) in [4.78, 5) is 0. The molecule has 1 N–H and O–H groups in total. The molecular formula is C15H31NO. The highest BCUT2D eigenvalue weighted by Gasteiger charge is 2.15. The van der Waals surface area contributed by atoms with E-state index in [1.165, 1.54) is 5.57 Å². The van der Waals surface area contributed by atoms with Crippen molar-refractivity contribution in [2.24, 2.45) is 17.8 Å². The predicted octanol–water partition coefficient (Wildman–Crippen LogP) is 3.49. The third-order valence-electron chi connectivity index (χ3n) is 3.26. The van der Waals surface area contributed by atoms with Crippen LogP contribution in [0.15, 0.2) is 11.6 Å². The molecule has 0 aromatic heterocycles. The lowest BCUT2D eigenvalue weighted by atomic mass is 9.84. The second kappa shape index (κ2) is 9.67. The molecule has 0 saturated heterocycles. The fourth-order valence-electron chi connectivity index (χ4n) is 2.15. The average molecular weight is 241 g/mol. The van der Waals surface area contributed by atoms with Gasteiger partial charge in [-0.2, -0.15) is 0 Å². The predicted molar refractivity (Wildman–Crippen MR) is 76.3 cm³/mol. The van der Waals surface area contributed by atoms with Crippen LogP contribution in [-0.4, -0.2) is 26.8 Å². The van der Waals surface area contributed by atoms with Crippen LogP contribution in [0.3, 0.4) is 0 Å². The first-order chi connectivity index (χ1) is 8.02. The first-order valence-electron chi connectivity index (χ1n) is 6.92. The number of methoxy groups -OCH3 is 1. The van der Waals surface area contributed by atoms with E-state index in [0.717, 1.165) is 38.0 Å². The van der Waals surface area contributed by atoms with Gasteiger partial charge in [0.1, 0.15) is 0 Å². The van der Waals surface area contributed by atoms with Gasteiger partial charge in [-0.1, -0.05) is 46.3 Å². The zero-order chi connectivity index (χ0) is 13.3. The van der Waals surface area contributed by atoms with Gasteiger partial charge in [-0.3, -0.25) is 0 Å². The molecule has 0 unspecified atom stereocenters. The van der Waals surface area contributed by atoms with Crippen LogP contribution in [0.5, 0.6) is 0 Å². The summed E-state index contributed by atoms with van der Waals surface area (Å²) in [6.07, 6.45) is 3.62. The van der Waals surface area contributed by atoms with E-state index in [4.69, 9.17) is 4.74 Å². The van der Waals surface area contributed by atoms with Crippen LogP contribution in [-0.2, 0) is 4.74 Å². The highest BCUT2D eigenvalue weighted by molar-refractivity contribution is 5.07. The van der Waals surface area contributed by atoms with Crippen molar-refractivity contribution in [1.29, 1.82) is 0 Å². The Morgan fingerprint density at radius 1 is 1.18 bits per heavy atom. The maximum atomic E-state index is 5.03. The number of rotatable bonds is 9. The van der Waals surface area contributed by atoms with Crippen molar-refractivity contribution < 1.29 is 4.74 Å². The minimum atomic E-state index is 0.689. The van der Waals surface area contributed by atoms with Gasteiger partial charge >= 0.3 is 0 Å². The minimum Gasteiger partial charge on any atom is -0.383 e. The van der Waals surface area contributed by atoms with E-state index in [2.05, 4.69) is 46.0 Å². The summed E-state index contributed by atoms with van der Waals surface area (Å²) in [5.74, 6) is 2.13. The van der Waals surface area contributed by atoms with E-state index < -0.39 is 0 Å².